The van der Waals surface area contributed by atoms with Crippen LogP contribution in [0.1, 0.15) is 5.56 Å². The van der Waals surface area contributed by atoms with Gasteiger partial charge in [-0.15, -0.1) is 11.3 Å². The van der Waals surface area contributed by atoms with Gasteiger partial charge in [-0.2, -0.15) is 0 Å². The molecule has 0 saturated carbocycles. The third-order valence-electron chi connectivity index (χ3n) is 4.84. The van der Waals surface area contributed by atoms with Gasteiger partial charge < -0.3 is 15.0 Å². The molecular weight excluding hydrogens is 362 g/mol. The number of H-pyrrole nitrogens is 1. The molecule has 1 atom stereocenters. The van der Waals surface area contributed by atoms with Gasteiger partial charge in [-0.05, 0) is 11.6 Å². The largest absolute Gasteiger partial charge is 0.374 e. The maximum Gasteiger partial charge on any atom is 0.260 e. The van der Waals surface area contributed by atoms with Crippen LogP contribution in [0, 0.1) is 0 Å². The third-order valence-corrected chi connectivity index (χ3v) is 5.72. The molecule has 3 aromatic heterocycles. The second-order valence-electron chi connectivity index (χ2n) is 6.60. The first-order valence-corrected chi connectivity index (χ1v) is 9.27. The molecule has 4 heterocycles. The van der Waals surface area contributed by atoms with E-state index in [1.165, 1.54) is 16.2 Å². The number of likely N-dealkylation sites (tertiary alicyclic amines) is 1. The number of β-lactam (4-membered cyclic amide) rings is 1. The van der Waals surface area contributed by atoms with Gasteiger partial charge in [-0.3, -0.25) is 9.78 Å². The number of amides is 1. The molecule has 2 N–H and O–H groups in total. The highest BCUT2D eigenvalue weighted by Crippen LogP contribution is 2.36. The van der Waals surface area contributed by atoms with Gasteiger partial charge in [0.2, 0.25) is 0 Å². The Hall–Kier alpha value is -3.10. The Morgan fingerprint density at radius 2 is 2.15 bits per heavy atom. The molecule has 134 valence electrons. The van der Waals surface area contributed by atoms with Crippen LogP contribution in [-0.2, 0) is 10.4 Å². The monoisotopic (exact) mass is 377 g/mol. The van der Waals surface area contributed by atoms with E-state index >= 15 is 0 Å². The van der Waals surface area contributed by atoms with Gasteiger partial charge >= 0.3 is 0 Å². The number of aliphatic hydroxyl groups is 1. The van der Waals surface area contributed by atoms with Gasteiger partial charge in [0.1, 0.15) is 10.5 Å². The standard InChI is InChI=1S/C19H15N5O2S/c1-24-10-19(26,18(24)25)12-4-2-3-11(7-12)14-9-27-17(23-14)13-8-22-16-15(13)20-5-6-21-16/h2-9,26H,10H2,1H3,(H,21,22). The SMILES string of the molecule is CN1CC(O)(c2cccc(-c3csc(-c4c[nH]c5nccnc45)n3)c2)C1=O. The Morgan fingerprint density at radius 3 is 2.96 bits per heavy atom. The van der Waals surface area contributed by atoms with E-state index in [0.29, 0.717) is 12.1 Å². The second kappa shape index (κ2) is 5.70. The van der Waals surface area contributed by atoms with Crippen molar-refractivity contribution < 1.29 is 9.90 Å². The molecule has 8 heteroatoms. The number of fused-ring (bicyclic) bond motifs is 1. The van der Waals surface area contributed by atoms with Gasteiger partial charge in [0.25, 0.3) is 5.91 Å². The van der Waals surface area contributed by atoms with Gasteiger partial charge in [0.05, 0.1) is 17.8 Å². The smallest absolute Gasteiger partial charge is 0.260 e. The topological polar surface area (TPSA) is 95.0 Å². The molecule has 5 rings (SSSR count). The summed E-state index contributed by atoms with van der Waals surface area (Å²) in [5.74, 6) is -0.281. The van der Waals surface area contributed by atoms with Crippen LogP contribution in [-0.4, -0.2) is 49.4 Å². The van der Waals surface area contributed by atoms with E-state index in [9.17, 15) is 9.90 Å². The van der Waals surface area contributed by atoms with Crippen molar-refractivity contribution in [1.29, 1.82) is 0 Å². The number of benzene rings is 1. The number of hydrogen-bond donors (Lipinski definition) is 2. The maximum absolute atomic E-state index is 12.1. The number of β-amino-alcohol motifs (C(OH)–C–C–N with tert-alkyl or cyclic N) is 1. The number of carbonyl (C=O) groups is 1. The van der Waals surface area contributed by atoms with E-state index in [1.807, 2.05) is 29.8 Å². The molecule has 1 aliphatic rings. The van der Waals surface area contributed by atoms with Crippen molar-refractivity contribution in [3.8, 4) is 21.8 Å². The maximum atomic E-state index is 12.1. The molecule has 27 heavy (non-hydrogen) atoms. The number of aromatic amines is 1. The summed E-state index contributed by atoms with van der Waals surface area (Å²) < 4.78 is 0. The summed E-state index contributed by atoms with van der Waals surface area (Å²) in [6.07, 6.45) is 5.16. The fraction of sp³-hybridized carbons (Fsp3) is 0.158. The van der Waals surface area contributed by atoms with Crippen LogP contribution in [0.15, 0.2) is 48.2 Å². The van der Waals surface area contributed by atoms with E-state index in [2.05, 4.69) is 15.0 Å². The normalized spacial score (nSPS) is 19.5. The molecule has 0 spiro atoms. The van der Waals surface area contributed by atoms with Crippen molar-refractivity contribution in [2.45, 2.75) is 5.60 Å². The Morgan fingerprint density at radius 1 is 1.30 bits per heavy atom. The first-order chi connectivity index (χ1) is 13.1. The highest BCUT2D eigenvalue weighted by Gasteiger charge is 2.50. The Labute approximate surface area is 158 Å². The zero-order valence-corrected chi connectivity index (χ0v) is 15.2. The van der Waals surface area contributed by atoms with Crippen molar-refractivity contribution >= 4 is 28.4 Å². The van der Waals surface area contributed by atoms with Crippen molar-refractivity contribution in [1.82, 2.24) is 24.8 Å². The van der Waals surface area contributed by atoms with Crippen LogP contribution in [0.2, 0.25) is 0 Å². The molecule has 0 radical (unpaired) electrons. The molecular formula is C19H15N5O2S. The van der Waals surface area contributed by atoms with E-state index in [4.69, 9.17) is 4.98 Å². The first kappa shape index (κ1) is 16.1. The predicted molar refractivity (Wildman–Crippen MR) is 102 cm³/mol. The van der Waals surface area contributed by atoms with E-state index in [1.54, 1.807) is 25.5 Å². The van der Waals surface area contributed by atoms with Gasteiger partial charge in [-0.25, -0.2) is 9.97 Å². The molecule has 4 aromatic rings. The van der Waals surface area contributed by atoms with E-state index < -0.39 is 5.60 Å². The Bertz CT molecular complexity index is 1180. The summed E-state index contributed by atoms with van der Waals surface area (Å²) in [7, 11) is 1.68. The minimum Gasteiger partial charge on any atom is -0.374 e. The van der Waals surface area contributed by atoms with E-state index in [0.717, 1.165) is 33.0 Å². The summed E-state index contributed by atoms with van der Waals surface area (Å²) in [5, 5.41) is 13.4. The fourth-order valence-electron chi connectivity index (χ4n) is 3.40. The van der Waals surface area contributed by atoms with Crippen LogP contribution < -0.4 is 0 Å². The van der Waals surface area contributed by atoms with Crippen LogP contribution in [0.25, 0.3) is 33.0 Å². The number of thiazole rings is 1. The minimum absolute atomic E-state index is 0.281. The summed E-state index contributed by atoms with van der Waals surface area (Å²) in [4.78, 5) is 30.0. The van der Waals surface area contributed by atoms with Crippen LogP contribution >= 0.6 is 11.3 Å². The van der Waals surface area contributed by atoms with Crippen LogP contribution in [0.5, 0.6) is 0 Å². The predicted octanol–water partition coefficient (Wildman–Crippen LogP) is 2.41. The molecule has 1 unspecified atom stereocenters. The van der Waals surface area contributed by atoms with Crippen LogP contribution in [0.4, 0.5) is 0 Å². The lowest BCUT2D eigenvalue weighted by atomic mass is 9.84. The summed E-state index contributed by atoms with van der Waals surface area (Å²) >= 11 is 1.51. The van der Waals surface area contributed by atoms with Crippen molar-refractivity contribution in [3.63, 3.8) is 0 Å². The zero-order chi connectivity index (χ0) is 18.6. The fourth-order valence-corrected chi connectivity index (χ4v) is 4.25. The number of nitrogens with zero attached hydrogens (tertiary/aromatic N) is 4. The first-order valence-electron chi connectivity index (χ1n) is 8.39. The van der Waals surface area contributed by atoms with Crippen molar-refractivity contribution in [2.75, 3.05) is 13.6 Å². The number of carbonyl (C=O) groups excluding carboxylic acids is 1. The molecule has 1 saturated heterocycles. The molecule has 1 aliphatic heterocycles. The number of likely N-dealkylation sites (N-methyl/N-ethyl adjacent to an activating group) is 1. The van der Waals surface area contributed by atoms with Gasteiger partial charge in [0.15, 0.2) is 11.2 Å². The summed E-state index contributed by atoms with van der Waals surface area (Å²) in [6.45, 7) is 0.297. The summed E-state index contributed by atoms with van der Waals surface area (Å²) in [5.41, 5.74) is 3.22. The molecule has 1 aromatic carbocycles. The minimum atomic E-state index is -1.43. The second-order valence-corrected chi connectivity index (χ2v) is 7.45. The molecule has 0 aliphatic carbocycles. The Kier molecular flexibility index (Phi) is 3.40. The molecule has 1 amide bonds. The number of nitrogens with one attached hydrogen (secondary N) is 1. The number of hydrogen-bond acceptors (Lipinski definition) is 6. The van der Waals surface area contributed by atoms with Crippen molar-refractivity contribution in [2.24, 2.45) is 0 Å². The average Bonchev–Trinajstić information content (AvgIpc) is 3.34. The number of rotatable bonds is 3. The lowest BCUT2D eigenvalue weighted by Crippen LogP contribution is -2.62. The number of aromatic nitrogens is 4. The lowest BCUT2D eigenvalue weighted by molar-refractivity contribution is -0.174. The average molecular weight is 377 g/mol. The highest BCUT2D eigenvalue weighted by atomic mass is 32.1. The van der Waals surface area contributed by atoms with Gasteiger partial charge in [-0.1, -0.05) is 18.2 Å². The summed E-state index contributed by atoms with van der Waals surface area (Å²) in [6, 6.07) is 7.37. The zero-order valence-electron chi connectivity index (χ0n) is 14.4. The highest BCUT2D eigenvalue weighted by molar-refractivity contribution is 7.13. The van der Waals surface area contributed by atoms with Gasteiger partial charge in [0, 0.05) is 36.6 Å². The van der Waals surface area contributed by atoms with Crippen molar-refractivity contribution in [3.05, 3.63) is 53.8 Å². The third kappa shape index (κ3) is 2.37. The Balaban J connectivity index is 1.52. The quantitative estimate of drug-likeness (QED) is 0.535. The molecule has 1 fully saturated rings. The lowest BCUT2D eigenvalue weighted by Gasteiger charge is -2.43. The molecule has 7 nitrogen and oxygen atoms in total. The van der Waals surface area contributed by atoms with Crippen LogP contribution in [0.3, 0.4) is 0 Å². The molecule has 0 bridgehead atoms. The van der Waals surface area contributed by atoms with E-state index in [-0.39, 0.29) is 5.91 Å².